The molecule has 224 valence electrons. The minimum absolute atomic E-state index is 0.190. The van der Waals surface area contributed by atoms with Gasteiger partial charge in [0.15, 0.2) is 0 Å². The van der Waals surface area contributed by atoms with Gasteiger partial charge in [-0.2, -0.15) is 0 Å². The third-order valence-corrected chi connectivity index (χ3v) is 9.26. The zero-order valence-corrected chi connectivity index (χ0v) is 27.9. The summed E-state index contributed by atoms with van der Waals surface area (Å²) in [6, 6.07) is 4.22. The molecule has 0 amide bonds. The first-order valence-electron chi connectivity index (χ1n) is 16.2. The fourth-order valence-electron chi connectivity index (χ4n) is 7.16. The van der Waals surface area contributed by atoms with Crippen molar-refractivity contribution in [1.82, 2.24) is 19.5 Å². The highest BCUT2D eigenvalue weighted by atomic mass is 32.1. The Labute approximate surface area is 261 Å². The average molecular weight is 592 g/mol. The van der Waals surface area contributed by atoms with Crippen LogP contribution in [0.3, 0.4) is 0 Å². The standard InChI is InChI=1S/C37H45N5S/c1-9-23-20-33-27(13-5)31-17-16-29(39-31)26(12-4)30-18-19-32(40-30)28(14-6)36-24(10-2)25(11-3)37(42(36)15-7)34(35(23)41-33)22(8)38-21-43/h16-20,22,39H,9-15H2,1-8H3. The lowest BCUT2D eigenvalue weighted by Gasteiger charge is -2.15. The second kappa shape index (κ2) is 13.0. The van der Waals surface area contributed by atoms with E-state index in [9.17, 15) is 0 Å². The van der Waals surface area contributed by atoms with Crippen LogP contribution in [0, 0.1) is 0 Å². The van der Waals surface area contributed by atoms with Crippen molar-refractivity contribution in [3.8, 4) is 0 Å². The molecule has 5 rings (SSSR count). The SMILES string of the molecule is CCC1=Cc2nc1c(C(C)N=C=S)c1c(CC)c(CC)c(c(CC)c3nc(c(CC)c4ccc([nH]4)c2CC)C=C3)n1CC. The van der Waals surface area contributed by atoms with Gasteiger partial charge in [0.25, 0.3) is 0 Å². The topological polar surface area (TPSA) is 58.9 Å². The van der Waals surface area contributed by atoms with Crippen LogP contribution in [0.5, 0.6) is 0 Å². The van der Waals surface area contributed by atoms with Gasteiger partial charge in [-0.05, 0) is 112 Å². The number of allylic oxidation sites excluding steroid dienone is 1. The summed E-state index contributed by atoms with van der Waals surface area (Å²) in [6.07, 6.45) is 12.1. The zero-order chi connectivity index (χ0) is 30.8. The third kappa shape index (κ3) is 5.15. The number of hydrogen-bond acceptors (Lipinski definition) is 4. The first kappa shape index (κ1) is 30.8. The minimum Gasteiger partial charge on any atom is -0.355 e. The van der Waals surface area contributed by atoms with Crippen LogP contribution in [0.25, 0.3) is 45.9 Å². The van der Waals surface area contributed by atoms with Crippen molar-refractivity contribution in [2.45, 2.75) is 107 Å². The first-order chi connectivity index (χ1) is 20.9. The summed E-state index contributed by atoms with van der Waals surface area (Å²) < 4.78 is 2.53. The molecule has 2 aliphatic heterocycles. The van der Waals surface area contributed by atoms with Gasteiger partial charge in [0, 0.05) is 39.8 Å². The quantitative estimate of drug-likeness (QED) is 0.156. The fourth-order valence-corrected chi connectivity index (χ4v) is 7.31. The maximum absolute atomic E-state index is 5.46. The van der Waals surface area contributed by atoms with Crippen LogP contribution in [-0.4, -0.2) is 24.7 Å². The van der Waals surface area contributed by atoms with E-state index in [1.807, 2.05) is 0 Å². The van der Waals surface area contributed by atoms with Crippen molar-refractivity contribution < 1.29 is 0 Å². The van der Waals surface area contributed by atoms with Crippen molar-refractivity contribution >= 4 is 63.2 Å². The number of nitrogens with zero attached hydrogens (tertiary/aromatic N) is 4. The summed E-state index contributed by atoms with van der Waals surface area (Å²) >= 11 is 5.18. The van der Waals surface area contributed by atoms with E-state index in [0.717, 1.165) is 84.4 Å². The highest BCUT2D eigenvalue weighted by molar-refractivity contribution is 7.78. The Hall–Kier alpha value is -3.60. The number of H-pyrrole nitrogens is 1. The Morgan fingerprint density at radius 2 is 1.30 bits per heavy atom. The van der Waals surface area contributed by atoms with E-state index in [0.29, 0.717) is 0 Å². The third-order valence-electron chi connectivity index (χ3n) is 9.15. The van der Waals surface area contributed by atoms with Crippen LogP contribution in [0.1, 0.15) is 124 Å². The molecule has 1 unspecified atom stereocenters. The number of rotatable bonds is 9. The Kier molecular flexibility index (Phi) is 9.29. The summed E-state index contributed by atoms with van der Waals surface area (Å²) in [6.45, 7) is 18.7. The number of aromatic amines is 1. The largest absolute Gasteiger partial charge is 0.355 e. The van der Waals surface area contributed by atoms with Crippen molar-refractivity contribution in [3.63, 3.8) is 0 Å². The predicted octanol–water partition coefficient (Wildman–Crippen LogP) is 9.90. The molecule has 0 saturated heterocycles. The number of hydrogen-bond donors (Lipinski definition) is 1. The normalized spacial score (nSPS) is 13.3. The smallest absolute Gasteiger partial charge is 0.0865 e. The lowest BCUT2D eigenvalue weighted by atomic mass is 9.96. The van der Waals surface area contributed by atoms with Crippen molar-refractivity contribution in [1.29, 1.82) is 0 Å². The van der Waals surface area contributed by atoms with Gasteiger partial charge in [-0.15, -0.1) is 0 Å². The van der Waals surface area contributed by atoms with Crippen LogP contribution < -0.4 is 0 Å². The van der Waals surface area contributed by atoms with Gasteiger partial charge in [0.05, 0.1) is 45.0 Å². The van der Waals surface area contributed by atoms with Crippen LogP contribution in [0.2, 0.25) is 0 Å². The average Bonchev–Trinajstić information content (AvgIpc) is 3.81. The summed E-state index contributed by atoms with van der Waals surface area (Å²) in [4.78, 5) is 19.2. The molecule has 6 heteroatoms. The molecule has 0 radical (unpaired) electrons. The van der Waals surface area contributed by atoms with Crippen molar-refractivity contribution in [3.05, 3.63) is 68.3 Å². The van der Waals surface area contributed by atoms with Gasteiger partial charge < -0.3 is 9.55 Å². The summed E-state index contributed by atoms with van der Waals surface area (Å²) in [7, 11) is 0. The second-order valence-electron chi connectivity index (χ2n) is 11.3. The van der Waals surface area contributed by atoms with E-state index < -0.39 is 0 Å². The zero-order valence-electron chi connectivity index (χ0n) is 27.1. The molecular formula is C37H45N5S. The molecule has 0 saturated carbocycles. The molecule has 8 bridgehead atoms. The van der Waals surface area contributed by atoms with E-state index in [4.69, 9.17) is 22.2 Å². The number of aliphatic imine (C=N–C) groups is 1. The Morgan fingerprint density at radius 1 is 0.744 bits per heavy atom. The second-order valence-corrected chi connectivity index (χ2v) is 11.5. The summed E-state index contributed by atoms with van der Waals surface area (Å²) in [5, 5.41) is 2.70. The molecule has 3 aromatic heterocycles. The van der Waals surface area contributed by atoms with Gasteiger partial charge in [0.1, 0.15) is 0 Å². The number of nitrogens with one attached hydrogen (secondary N) is 1. The molecule has 0 fully saturated rings. The summed E-state index contributed by atoms with van der Waals surface area (Å²) in [5.41, 5.74) is 17.9. The van der Waals surface area contributed by atoms with Gasteiger partial charge in [-0.1, -0.05) is 41.5 Å². The molecule has 1 N–H and O–H groups in total. The van der Waals surface area contributed by atoms with Crippen LogP contribution in [-0.2, 0) is 38.6 Å². The minimum atomic E-state index is -0.190. The van der Waals surface area contributed by atoms with E-state index >= 15 is 0 Å². The summed E-state index contributed by atoms with van der Waals surface area (Å²) in [5.74, 6) is 0. The molecule has 43 heavy (non-hydrogen) atoms. The Balaban J connectivity index is 2.20. The van der Waals surface area contributed by atoms with Gasteiger partial charge in [-0.3, -0.25) is 0 Å². The molecule has 5 heterocycles. The van der Waals surface area contributed by atoms with E-state index in [1.165, 1.54) is 44.4 Å². The highest BCUT2D eigenvalue weighted by Gasteiger charge is 2.26. The van der Waals surface area contributed by atoms with Gasteiger partial charge in [0.2, 0.25) is 0 Å². The highest BCUT2D eigenvalue weighted by Crippen LogP contribution is 2.40. The van der Waals surface area contributed by atoms with E-state index in [1.54, 1.807) is 0 Å². The fraction of sp³-hybridized carbons (Fsp3) is 0.432. The molecular weight excluding hydrogens is 547 g/mol. The Bertz CT molecular complexity index is 1840. The monoisotopic (exact) mass is 591 g/mol. The molecule has 0 spiro atoms. The predicted molar refractivity (Wildman–Crippen MR) is 188 cm³/mol. The van der Waals surface area contributed by atoms with Gasteiger partial charge >= 0.3 is 0 Å². The molecule has 3 aromatic rings. The van der Waals surface area contributed by atoms with Crippen molar-refractivity contribution in [2.75, 3.05) is 0 Å². The number of isothiocyanates is 1. The molecule has 2 aliphatic rings. The number of aromatic nitrogens is 4. The molecule has 0 aliphatic carbocycles. The van der Waals surface area contributed by atoms with Crippen LogP contribution in [0.15, 0.2) is 17.1 Å². The molecule has 0 aromatic carbocycles. The van der Waals surface area contributed by atoms with Crippen molar-refractivity contribution in [2.24, 2.45) is 4.99 Å². The number of fused-ring (bicyclic) bond motifs is 8. The Morgan fingerprint density at radius 3 is 1.84 bits per heavy atom. The molecule has 5 nitrogen and oxygen atoms in total. The lowest BCUT2D eigenvalue weighted by Crippen LogP contribution is -2.05. The maximum Gasteiger partial charge on any atom is 0.0865 e. The van der Waals surface area contributed by atoms with E-state index in [2.05, 4.69) is 105 Å². The van der Waals surface area contributed by atoms with Gasteiger partial charge in [-0.25, -0.2) is 15.0 Å². The van der Waals surface area contributed by atoms with Crippen LogP contribution in [0.4, 0.5) is 0 Å². The molecule has 1 atom stereocenters. The number of thiocarbonyl (C=S) groups is 1. The number of aryl methyl sites for hydroxylation is 6. The first-order valence-corrected chi connectivity index (χ1v) is 16.6. The maximum atomic E-state index is 5.46. The van der Waals surface area contributed by atoms with E-state index in [-0.39, 0.29) is 6.04 Å². The lowest BCUT2D eigenvalue weighted by molar-refractivity contribution is 0.780. The van der Waals surface area contributed by atoms with Crippen LogP contribution >= 0.6 is 12.2 Å².